The number of halogens is 1. The number of allylic oxidation sites excluding steroid dienone is 3. The zero-order valence-electron chi connectivity index (χ0n) is 17.7. The Kier molecular flexibility index (Phi) is 6.77. The molecule has 2 aromatic carbocycles. The summed E-state index contributed by atoms with van der Waals surface area (Å²) in [5, 5.41) is 3.41. The maximum Gasteiger partial charge on any atom is 0.336 e. The van der Waals surface area contributed by atoms with Gasteiger partial charge in [-0.05, 0) is 56.7 Å². The van der Waals surface area contributed by atoms with Crippen LogP contribution >= 0.6 is 11.6 Å². The van der Waals surface area contributed by atoms with Crippen molar-refractivity contribution < 1.29 is 22.7 Å². The summed E-state index contributed by atoms with van der Waals surface area (Å²) in [6.45, 7) is 5.25. The Bertz CT molecular complexity index is 1170. The molecule has 2 aromatic rings. The third-order valence-corrected chi connectivity index (χ3v) is 7.43. The molecule has 0 bridgehead atoms. The van der Waals surface area contributed by atoms with E-state index in [9.17, 15) is 13.2 Å². The highest BCUT2D eigenvalue weighted by Crippen LogP contribution is 2.45. The van der Waals surface area contributed by atoms with E-state index in [1.807, 2.05) is 0 Å². The van der Waals surface area contributed by atoms with Crippen LogP contribution < -0.4 is 10.1 Å². The number of ether oxygens (including phenoxy) is 2. The molecule has 164 valence electrons. The largest absolute Gasteiger partial charge is 0.497 e. The van der Waals surface area contributed by atoms with Crippen LogP contribution in [0.2, 0.25) is 5.02 Å². The standard InChI is InChI=1S/C23H24ClNO5S/c1-5-30-23(26)20-14(2)25-15(3)22(21(20)18-8-6-7-9-19(18)24)31(27,28)17-12-10-16(29-4)11-13-17/h6-13,21,25H,5H2,1-4H3. The lowest BCUT2D eigenvalue weighted by Crippen LogP contribution is -2.32. The molecule has 1 unspecified atom stereocenters. The lowest BCUT2D eigenvalue weighted by Gasteiger charge is -2.31. The number of carbonyl (C=O) groups excluding carboxylic acids is 1. The third-order valence-electron chi connectivity index (χ3n) is 5.07. The van der Waals surface area contributed by atoms with Crippen molar-refractivity contribution in [3.05, 3.63) is 81.0 Å². The lowest BCUT2D eigenvalue weighted by molar-refractivity contribution is -0.138. The van der Waals surface area contributed by atoms with Gasteiger partial charge in [0.15, 0.2) is 0 Å². The number of nitrogens with one attached hydrogen (secondary N) is 1. The second kappa shape index (κ2) is 9.16. The van der Waals surface area contributed by atoms with Crippen molar-refractivity contribution >= 4 is 27.4 Å². The molecule has 0 aromatic heterocycles. The zero-order chi connectivity index (χ0) is 22.8. The van der Waals surface area contributed by atoms with Gasteiger partial charge >= 0.3 is 5.97 Å². The van der Waals surface area contributed by atoms with Crippen LogP contribution in [0.25, 0.3) is 0 Å². The van der Waals surface area contributed by atoms with E-state index < -0.39 is 21.7 Å². The molecule has 1 heterocycles. The van der Waals surface area contributed by atoms with E-state index in [2.05, 4.69) is 5.32 Å². The predicted molar refractivity (Wildman–Crippen MR) is 120 cm³/mol. The number of methoxy groups -OCH3 is 1. The summed E-state index contributed by atoms with van der Waals surface area (Å²) in [6.07, 6.45) is 0. The highest BCUT2D eigenvalue weighted by Gasteiger charge is 2.41. The molecular weight excluding hydrogens is 438 g/mol. The molecule has 6 nitrogen and oxygen atoms in total. The van der Waals surface area contributed by atoms with Crippen molar-refractivity contribution in [2.45, 2.75) is 31.6 Å². The molecule has 31 heavy (non-hydrogen) atoms. The number of rotatable bonds is 6. The van der Waals surface area contributed by atoms with Crippen LogP contribution in [0.15, 0.2) is 75.3 Å². The van der Waals surface area contributed by atoms with E-state index >= 15 is 0 Å². The number of esters is 1. The molecule has 0 saturated heterocycles. The minimum absolute atomic E-state index is 0.0550. The second-order valence-corrected chi connectivity index (χ2v) is 9.33. The summed E-state index contributed by atoms with van der Waals surface area (Å²) >= 11 is 6.47. The topological polar surface area (TPSA) is 81.7 Å². The minimum Gasteiger partial charge on any atom is -0.497 e. The Morgan fingerprint density at radius 3 is 2.29 bits per heavy atom. The number of hydrogen-bond donors (Lipinski definition) is 1. The van der Waals surface area contributed by atoms with Gasteiger partial charge in [0.25, 0.3) is 0 Å². The van der Waals surface area contributed by atoms with Gasteiger partial charge in [0, 0.05) is 16.4 Å². The molecule has 0 radical (unpaired) electrons. The van der Waals surface area contributed by atoms with Crippen molar-refractivity contribution in [3.8, 4) is 5.75 Å². The van der Waals surface area contributed by atoms with Gasteiger partial charge in [-0.25, -0.2) is 13.2 Å². The first kappa shape index (κ1) is 22.9. The normalized spacial score (nSPS) is 16.7. The summed E-state index contributed by atoms with van der Waals surface area (Å²) in [4.78, 5) is 13.0. The average molecular weight is 462 g/mol. The van der Waals surface area contributed by atoms with E-state index in [1.54, 1.807) is 57.2 Å². The first-order chi connectivity index (χ1) is 14.7. The maximum atomic E-state index is 13.8. The molecule has 1 atom stereocenters. The fraction of sp³-hybridized carbons (Fsp3) is 0.261. The molecule has 1 aliphatic rings. The van der Waals surface area contributed by atoms with Crippen molar-refractivity contribution in [2.75, 3.05) is 13.7 Å². The number of hydrogen-bond acceptors (Lipinski definition) is 6. The van der Waals surface area contributed by atoms with Crippen molar-refractivity contribution in [1.29, 1.82) is 0 Å². The fourth-order valence-electron chi connectivity index (χ4n) is 3.70. The Balaban J connectivity index is 2.26. The molecule has 1 N–H and O–H groups in total. The van der Waals surface area contributed by atoms with Crippen LogP contribution in [0, 0.1) is 0 Å². The van der Waals surface area contributed by atoms with Crippen molar-refractivity contribution in [3.63, 3.8) is 0 Å². The number of dihydropyridines is 1. The first-order valence-corrected chi connectivity index (χ1v) is 11.6. The van der Waals surface area contributed by atoms with Gasteiger partial charge in [-0.1, -0.05) is 29.8 Å². The number of carbonyl (C=O) groups is 1. The van der Waals surface area contributed by atoms with E-state index in [0.29, 0.717) is 27.7 Å². The smallest absolute Gasteiger partial charge is 0.336 e. The van der Waals surface area contributed by atoms with Crippen LogP contribution in [0.3, 0.4) is 0 Å². The van der Waals surface area contributed by atoms with Gasteiger partial charge in [0.05, 0.1) is 35.0 Å². The fourth-order valence-corrected chi connectivity index (χ4v) is 5.70. The SMILES string of the molecule is CCOC(=O)C1=C(C)NC(C)=C(S(=O)(=O)c2ccc(OC)cc2)C1c1ccccc1Cl. The van der Waals surface area contributed by atoms with E-state index in [1.165, 1.54) is 19.2 Å². The molecule has 0 saturated carbocycles. The Hall–Kier alpha value is -2.77. The highest BCUT2D eigenvalue weighted by molar-refractivity contribution is 7.95. The molecule has 0 amide bonds. The van der Waals surface area contributed by atoms with Crippen LogP contribution in [-0.4, -0.2) is 28.1 Å². The Morgan fingerprint density at radius 1 is 1.06 bits per heavy atom. The molecule has 8 heteroatoms. The highest BCUT2D eigenvalue weighted by atomic mass is 35.5. The molecule has 0 fully saturated rings. The number of sulfone groups is 1. The molecule has 0 aliphatic carbocycles. The van der Waals surface area contributed by atoms with Gasteiger partial charge < -0.3 is 14.8 Å². The third kappa shape index (κ3) is 4.34. The van der Waals surface area contributed by atoms with Gasteiger partial charge in [-0.3, -0.25) is 0 Å². The average Bonchev–Trinajstić information content (AvgIpc) is 2.73. The van der Waals surface area contributed by atoms with Crippen LogP contribution in [0.4, 0.5) is 0 Å². The van der Waals surface area contributed by atoms with Crippen LogP contribution in [0.5, 0.6) is 5.75 Å². The predicted octanol–water partition coefficient (Wildman–Crippen LogP) is 4.58. The summed E-state index contributed by atoms with van der Waals surface area (Å²) < 4.78 is 37.9. The lowest BCUT2D eigenvalue weighted by atomic mass is 9.86. The van der Waals surface area contributed by atoms with Crippen molar-refractivity contribution in [1.82, 2.24) is 5.32 Å². The summed E-state index contributed by atoms with van der Waals surface area (Å²) in [5.74, 6) is -0.967. The Morgan fingerprint density at radius 2 is 1.71 bits per heavy atom. The minimum atomic E-state index is -3.99. The molecule has 3 rings (SSSR count). The van der Waals surface area contributed by atoms with E-state index in [4.69, 9.17) is 21.1 Å². The van der Waals surface area contributed by atoms with Crippen LogP contribution in [-0.2, 0) is 19.4 Å². The molecule has 0 spiro atoms. The number of benzene rings is 2. The summed E-state index contributed by atoms with van der Waals surface area (Å²) in [5.41, 5.74) is 1.67. The monoisotopic (exact) mass is 461 g/mol. The summed E-state index contributed by atoms with van der Waals surface area (Å²) in [6, 6.07) is 13.0. The van der Waals surface area contributed by atoms with Gasteiger partial charge in [0.2, 0.25) is 9.84 Å². The van der Waals surface area contributed by atoms with Gasteiger partial charge in [-0.15, -0.1) is 0 Å². The van der Waals surface area contributed by atoms with Gasteiger partial charge in [0.1, 0.15) is 5.75 Å². The van der Waals surface area contributed by atoms with E-state index in [-0.39, 0.29) is 22.0 Å². The van der Waals surface area contributed by atoms with Crippen LogP contribution in [0.1, 0.15) is 32.3 Å². The zero-order valence-corrected chi connectivity index (χ0v) is 19.3. The maximum absolute atomic E-state index is 13.8. The van der Waals surface area contributed by atoms with E-state index in [0.717, 1.165) is 0 Å². The van der Waals surface area contributed by atoms with Gasteiger partial charge in [-0.2, -0.15) is 0 Å². The summed E-state index contributed by atoms with van der Waals surface area (Å²) in [7, 11) is -2.49. The van der Waals surface area contributed by atoms with Crippen molar-refractivity contribution in [2.24, 2.45) is 0 Å². The second-order valence-electron chi connectivity index (χ2n) is 7.01. The first-order valence-electron chi connectivity index (χ1n) is 9.71. The molecular formula is C23H24ClNO5S. The Labute approximate surface area is 187 Å². The quantitative estimate of drug-likeness (QED) is 0.634. The molecule has 1 aliphatic heterocycles.